The Morgan fingerprint density at radius 1 is 1.63 bits per heavy atom. The van der Waals surface area contributed by atoms with Crippen LogP contribution < -0.4 is 11.4 Å². The highest BCUT2D eigenvalue weighted by molar-refractivity contribution is 5.23. The topological polar surface area (TPSA) is 131 Å². The van der Waals surface area contributed by atoms with Crippen LogP contribution in [0.2, 0.25) is 0 Å². The molecule has 0 bridgehead atoms. The minimum Gasteiger partial charge on any atom is -0.393 e. The first-order valence-corrected chi connectivity index (χ1v) is 5.41. The van der Waals surface area contributed by atoms with Crippen LogP contribution in [0.5, 0.6) is 0 Å². The number of aromatic nitrogens is 2. The number of anilines is 1. The second-order valence-corrected chi connectivity index (χ2v) is 3.99. The summed E-state index contributed by atoms with van der Waals surface area (Å²) in [6.07, 6.45) is -2.06. The summed E-state index contributed by atoms with van der Waals surface area (Å²) in [5, 5.41) is 27.2. The van der Waals surface area contributed by atoms with Gasteiger partial charge in [0.1, 0.15) is 18.7 Å². The van der Waals surface area contributed by atoms with Crippen molar-refractivity contribution in [3.63, 3.8) is 0 Å². The molecule has 0 radical (unpaired) electrons. The Morgan fingerprint density at radius 2 is 2.26 bits per heavy atom. The number of ether oxygens (including phenoxy) is 1. The molecule has 0 aromatic carbocycles. The molecule has 0 amide bonds. The van der Waals surface area contributed by atoms with Gasteiger partial charge in [-0.2, -0.15) is 4.98 Å². The van der Waals surface area contributed by atoms with E-state index in [0.717, 1.165) is 4.57 Å². The van der Waals surface area contributed by atoms with Crippen LogP contribution in [-0.2, 0) is 4.74 Å². The van der Waals surface area contributed by atoms with Gasteiger partial charge in [-0.05, 0) is 13.0 Å². The molecule has 0 unspecified atom stereocenters. The number of aliphatic hydroxyl groups is 3. The molecule has 0 aliphatic rings. The normalized spacial score (nSPS) is 16.3. The van der Waals surface area contributed by atoms with Gasteiger partial charge in [-0.25, -0.2) is 9.18 Å². The van der Waals surface area contributed by atoms with E-state index in [9.17, 15) is 9.18 Å². The van der Waals surface area contributed by atoms with Crippen molar-refractivity contribution in [2.75, 3.05) is 19.0 Å². The average molecular weight is 277 g/mol. The number of nitrogens with two attached hydrogens (primary N) is 1. The molecule has 0 aliphatic heterocycles. The Kier molecular flexibility index (Phi) is 4.95. The van der Waals surface area contributed by atoms with Gasteiger partial charge in [-0.1, -0.05) is 0 Å². The van der Waals surface area contributed by atoms with Gasteiger partial charge in [0.2, 0.25) is 0 Å². The highest BCUT2D eigenvalue weighted by Crippen LogP contribution is 2.22. The first-order chi connectivity index (χ1) is 8.86. The fourth-order valence-corrected chi connectivity index (χ4v) is 1.42. The van der Waals surface area contributed by atoms with Gasteiger partial charge in [0.15, 0.2) is 11.9 Å². The van der Waals surface area contributed by atoms with E-state index < -0.39 is 37.1 Å². The van der Waals surface area contributed by atoms with Crippen molar-refractivity contribution in [1.29, 1.82) is 0 Å². The molecule has 0 fully saturated rings. The molecule has 0 saturated carbocycles. The van der Waals surface area contributed by atoms with Gasteiger partial charge in [0.25, 0.3) is 0 Å². The maximum atomic E-state index is 12.9. The lowest BCUT2D eigenvalue weighted by molar-refractivity contribution is -0.256. The van der Waals surface area contributed by atoms with E-state index in [1.54, 1.807) is 0 Å². The lowest BCUT2D eigenvalue weighted by Gasteiger charge is -2.33. The molecule has 0 aliphatic carbocycles. The van der Waals surface area contributed by atoms with E-state index in [0.29, 0.717) is 0 Å². The maximum absolute atomic E-state index is 12.9. The molecule has 1 rings (SSSR count). The van der Waals surface area contributed by atoms with E-state index in [4.69, 9.17) is 25.8 Å². The van der Waals surface area contributed by atoms with Crippen molar-refractivity contribution in [3.05, 3.63) is 22.7 Å². The Balaban J connectivity index is 3.00. The van der Waals surface area contributed by atoms with Gasteiger partial charge in [-0.15, -0.1) is 0 Å². The van der Waals surface area contributed by atoms with Crippen LogP contribution in [0.1, 0.15) is 13.2 Å². The third-order valence-corrected chi connectivity index (χ3v) is 2.61. The van der Waals surface area contributed by atoms with E-state index in [2.05, 4.69) is 4.98 Å². The van der Waals surface area contributed by atoms with Crippen molar-refractivity contribution >= 4 is 5.82 Å². The molecule has 5 N–H and O–H groups in total. The second-order valence-electron chi connectivity index (χ2n) is 3.99. The van der Waals surface area contributed by atoms with Crippen molar-refractivity contribution < 1.29 is 24.4 Å². The van der Waals surface area contributed by atoms with E-state index >= 15 is 0 Å². The number of nitrogen functional groups attached to an aromatic ring is 1. The zero-order valence-electron chi connectivity index (χ0n) is 10.2. The molecular formula is C10H16FN3O5. The summed E-state index contributed by atoms with van der Waals surface area (Å²) >= 11 is 0. The number of rotatable bonds is 6. The Bertz CT molecular complexity index is 474. The van der Waals surface area contributed by atoms with Crippen LogP contribution >= 0.6 is 0 Å². The molecule has 19 heavy (non-hydrogen) atoms. The SMILES string of the molecule is C[C@@H](O[C@@](CO)(CF)C(O)O)n1ccc(N)nc1=O. The van der Waals surface area contributed by atoms with Gasteiger partial charge in [-0.3, -0.25) is 4.57 Å². The van der Waals surface area contributed by atoms with Crippen LogP contribution in [0.3, 0.4) is 0 Å². The molecule has 108 valence electrons. The molecule has 0 saturated heterocycles. The predicted octanol–water partition coefficient (Wildman–Crippen LogP) is -1.63. The maximum Gasteiger partial charge on any atom is 0.351 e. The molecule has 8 nitrogen and oxygen atoms in total. The molecule has 1 aromatic heterocycles. The highest BCUT2D eigenvalue weighted by atomic mass is 19.1. The van der Waals surface area contributed by atoms with Gasteiger partial charge in [0.05, 0.1) is 6.61 Å². The standard InChI is InChI=1S/C10H16FN3O5/c1-6(14-3-2-7(12)13-9(14)18)19-10(4-11,5-15)8(16)17/h2-3,6,8,15-17H,4-5H2,1H3,(H2,12,13,18)/t6-,10-/m1/s1. The van der Waals surface area contributed by atoms with Crippen LogP contribution in [0.25, 0.3) is 0 Å². The number of halogens is 1. The fourth-order valence-electron chi connectivity index (χ4n) is 1.42. The van der Waals surface area contributed by atoms with Gasteiger partial charge in [0, 0.05) is 6.20 Å². The molecule has 9 heteroatoms. The fraction of sp³-hybridized carbons (Fsp3) is 0.600. The lowest BCUT2D eigenvalue weighted by Crippen LogP contribution is -2.52. The summed E-state index contributed by atoms with van der Waals surface area (Å²) in [7, 11) is 0. The quantitative estimate of drug-likeness (QED) is 0.459. The zero-order valence-corrected chi connectivity index (χ0v) is 10.2. The summed E-state index contributed by atoms with van der Waals surface area (Å²) in [5.41, 5.74) is 2.34. The number of nitrogens with zero attached hydrogens (tertiary/aromatic N) is 2. The van der Waals surface area contributed by atoms with E-state index in [1.807, 2.05) is 0 Å². The van der Waals surface area contributed by atoms with Crippen molar-refractivity contribution in [3.8, 4) is 0 Å². The van der Waals surface area contributed by atoms with Crippen LogP contribution in [0.4, 0.5) is 10.2 Å². The average Bonchev–Trinajstić information content (AvgIpc) is 2.35. The summed E-state index contributed by atoms with van der Waals surface area (Å²) in [6.45, 7) is -0.951. The smallest absolute Gasteiger partial charge is 0.351 e. The largest absolute Gasteiger partial charge is 0.393 e. The number of hydrogen-bond donors (Lipinski definition) is 4. The van der Waals surface area contributed by atoms with E-state index in [-0.39, 0.29) is 5.82 Å². The number of hydrogen-bond acceptors (Lipinski definition) is 7. The first-order valence-electron chi connectivity index (χ1n) is 5.41. The Labute approximate surface area is 107 Å². The van der Waals surface area contributed by atoms with Crippen molar-refractivity contribution in [2.24, 2.45) is 0 Å². The van der Waals surface area contributed by atoms with Crippen molar-refractivity contribution in [2.45, 2.75) is 25.0 Å². The molecule has 2 atom stereocenters. The Morgan fingerprint density at radius 3 is 2.68 bits per heavy atom. The summed E-state index contributed by atoms with van der Waals surface area (Å²) in [5.74, 6) is 0.00885. The molecule has 0 spiro atoms. The highest BCUT2D eigenvalue weighted by Gasteiger charge is 2.40. The van der Waals surface area contributed by atoms with Crippen molar-refractivity contribution in [1.82, 2.24) is 9.55 Å². The lowest BCUT2D eigenvalue weighted by atomic mass is 10.1. The summed E-state index contributed by atoms with van der Waals surface area (Å²) in [4.78, 5) is 15.0. The minimum absolute atomic E-state index is 0.00885. The second kappa shape index (κ2) is 6.06. The van der Waals surface area contributed by atoms with E-state index in [1.165, 1.54) is 19.2 Å². The van der Waals surface area contributed by atoms with Crippen LogP contribution in [-0.4, -0.2) is 50.0 Å². The number of aliphatic hydroxyl groups excluding tert-OH is 2. The van der Waals surface area contributed by atoms with Crippen LogP contribution in [0.15, 0.2) is 17.1 Å². The Hall–Kier alpha value is -1.55. The number of alkyl halides is 1. The molecule has 1 aromatic rings. The van der Waals surface area contributed by atoms with Gasteiger partial charge >= 0.3 is 5.69 Å². The van der Waals surface area contributed by atoms with Gasteiger partial charge < -0.3 is 25.8 Å². The third kappa shape index (κ3) is 3.26. The predicted molar refractivity (Wildman–Crippen MR) is 62.7 cm³/mol. The molecular weight excluding hydrogens is 261 g/mol. The first kappa shape index (κ1) is 15.5. The van der Waals surface area contributed by atoms with Crippen LogP contribution in [0, 0.1) is 0 Å². The summed E-state index contributed by atoms with van der Waals surface area (Å²) < 4.78 is 18.9. The molecule has 1 heterocycles. The monoisotopic (exact) mass is 277 g/mol. The third-order valence-electron chi connectivity index (χ3n) is 2.61. The zero-order chi connectivity index (χ0) is 14.6. The minimum atomic E-state index is -2.25. The summed E-state index contributed by atoms with van der Waals surface area (Å²) in [6, 6.07) is 1.33.